The predicted molar refractivity (Wildman–Crippen MR) is 132 cm³/mol. The van der Waals surface area contributed by atoms with Crippen LogP contribution in [0.25, 0.3) is 0 Å². The predicted octanol–water partition coefficient (Wildman–Crippen LogP) is 5.78. The third kappa shape index (κ3) is 5.07. The van der Waals surface area contributed by atoms with Gasteiger partial charge < -0.3 is 10.2 Å². The minimum absolute atomic E-state index is 0.0292. The Labute approximate surface area is 199 Å². The number of hydrogen-bond acceptors (Lipinski definition) is 3. The molecule has 2 amide bonds. The Hall–Kier alpha value is -3.39. The van der Waals surface area contributed by atoms with Gasteiger partial charge in [0.25, 0.3) is 10.0 Å². The van der Waals surface area contributed by atoms with E-state index in [0.717, 1.165) is 11.1 Å². The lowest BCUT2D eigenvalue weighted by Crippen LogP contribution is -2.30. The average Bonchev–Trinajstić information content (AvgIpc) is 3.19. The highest BCUT2D eigenvalue weighted by atomic mass is 32.2. The van der Waals surface area contributed by atoms with Gasteiger partial charge in [-0.15, -0.1) is 0 Å². The van der Waals surface area contributed by atoms with E-state index in [1.54, 1.807) is 24.0 Å². The molecule has 1 aliphatic heterocycles. The number of sulfonamides is 1. The van der Waals surface area contributed by atoms with Crippen molar-refractivity contribution < 1.29 is 17.6 Å². The standard InChI is InChI=1S/C26H28FN3O3S/c1-17-13-21(27)8-12-24(17)29-34(32,33)23-11-5-18-15-30(16-19(18)14-23)25(31)28-22-9-6-20(7-10-22)26(2,3)4/h5-14,29H,15-16H2,1-4H3,(H,28,31). The Morgan fingerprint density at radius 1 is 0.941 bits per heavy atom. The summed E-state index contributed by atoms with van der Waals surface area (Å²) in [5, 5.41) is 2.91. The summed E-state index contributed by atoms with van der Waals surface area (Å²) in [6.07, 6.45) is 0. The van der Waals surface area contributed by atoms with E-state index in [2.05, 4.69) is 30.8 Å². The largest absolute Gasteiger partial charge is 0.322 e. The molecule has 0 spiro atoms. The van der Waals surface area contributed by atoms with Gasteiger partial charge in [-0.2, -0.15) is 0 Å². The monoisotopic (exact) mass is 481 g/mol. The van der Waals surface area contributed by atoms with Crippen molar-refractivity contribution in [2.45, 2.75) is 51.1 Å². The van der Waals surface area contributed by atoms with Crippen LogP contribution in [0.5, 0.6) is 0 Å². The highest BCUT2D eigenvalue weighted by Crippen LogP contribution is 2.28. The molecule has 2 N–H and O–H groups in total. The Morgan fingerprint density at radius 2 is 1.62 bits per heavy atom. The van der Waals surface area contributed by atoms with Gasteiger partial charge in [-0.3, -0.25) is 4.72 Å². The van der Waals surface area contributed by atoms with E-state index in [-0.39, 0.29) is 16.3 Å². The summed E-state index contributed by atoms with van der Waals surface area (Å²) in [5.41, 5.74) is 4.39. The molecule has 0 fully saturated rings. The molecular formula is C26H28FN3O3S. The second kappa shape index (κ2) is 8.76. The molecule has 0 saturated carbocycles. The summed E-state index contributed by atoms with van der Waals surface area (Å²) in [6.45, 7) is 8.73. The van der Waals surface area contributed by atoms with Crippen LogP contribution in [0.3, 0.4) is 0 Å². The number of hydrogen-bond donors (Lipinski definition) is 2. The van der Waals surface area contributed by atoms with E-state index in [0.29, 0.717) is 30.0 Å². The van der Waals surface area contributed by atoms with Gasteiger partial charge in [0.05, 0.1) is 10.6 Å². The first-order valence-electron chi connectivity index (χ1n) is 11.0. The molecule has 0 bridgehead atoms. The average molecular weight is 482 g/mol. The van der Waals surface area contributed by atoms with Gasteiger partial charge in [0.1, 0.15) is 5.82 Å². The quantitative estimate of drug-likeness (QED) is 0.496. The lowest BCUT2D eigenvalue weighted by Gasteiger charge is -2.20. The fraction of sp³-hybridized carbons (Fsp3) is 0.269. The van der Waals surface area contributed by atoms with E-state index >= 15 is 0 Å². The number of nitrogens with one attached hydrogen (secondary N) is 2. The summed E-state index contributed by atoms with van der Waals surface area (Å²) in [6, 6.07) is 16.2. The number of fused-ring (bicyclic) bond motifs is 1. The van der Waals surface area contributed by atoms with Crippen molar-refractivity contribution in [1.82, 2.24) is 4.90 Å². The zero-order chi connectivity index (χ0) is 24.7. The number of rotatable bonds is 4. The van der Waals surface area contributed by atoms with Gasteiger partial charge in [0.2, 0.25) is 0 Å². The highest BCUT2D eigenvalue weighted by molar-refractivity contribution is 7.92. The molecule has 0 aliphatic carbocycles. The summed E-state index contributed by atoms with van der Waals surface area (Å²) >= 11 is 0. The number of urea groups is 1. The topological polar surface area (TPSA) is 78.5 Å². The Bertz CT molecular complexity index is 1350. The lowest BCUT2D eigenvalue weighted by molar-refractivity contribution is 0.212. The maximum atomic E-state index is 13.3. The molecule has 0 unspecified atom stereocenters. The van der Waals surface area contributed by atoms with Crippen LogP contribution in [0.4, 0.5) is 20.6 Å². The first kappa shape index (κ1) is 23.8. The van der Waals surface area contributed by atoms with Gasteiger partial charge in [0.15, 0.2) is 0 Å². The van der Waals surface area contributed by atoms with Crippen LogP contribution in [0.2, 0.25) is 0 Å². The zero-order valence-electron chi connectivity index (χ0n) is 19.6. The van der Waals surface area contributed by atoms with E-state index in [4.69, 9.17) is 0 Å². The van der Waals surface area contributed by atoms with Crippen LogP contribution in [-0.2, 0) is 28.5 Å². The third-order valence-corrected chi connectivity index (χ3v) is 7.30. The number of nitrogens with zero attached hydrogens (tertiary/aromatic N) is 1. The molecule has 8 heteroatoms. The highest BCUT2D eigenvalue weighted by Gasteiger charge is 2.26. The maximum absolute atomic E-state index is 13.3. The molecular weight excluding hydrogens is 453 g/mol. The summed E-state index contributed by atoms with van der Waals surface area (Å²) in [7, 11) is -3.86. The molecule has 0 aromatic heterocycles. The van der Waals surface area contributed by atoms with Crippen molar-refractivity contribution in [2.75, 3.05) is 10.0 Å². The van der Waals surface area contributed by atoms with Crippen molar-refractivity contribution in [1.29, 1.82) is 0 Å². The van der Waals surface area contributed by atoms with Crippen LogP contribution in [0.15, 0.2) is 65.6 Å². The van der Waals surface area contributed by atoms with Crippen LogP contribution < -0.4 is 10.0 Å². The van der Waals surface area contributed by atoms with Gasteiger partial charge in [-0.05, 0) is 77.1 Å². The van der Waals surface area contributed by atoms with Crippen molar-refractivity contribution in [2.24, 2.45) is 0 Å². The van der Waals surface area contributed by atoms with E-state index in [9.17, 15) is 17.6 Å². The van der Waals surface area contributed by atoms with Crippen LogP contribution in [-0.4, -0.2) is 19.3 Å². The van der Waals surface area contributed by atoms with Crippen molar-refractivity contribution in [3.05, 3.63) is 88.7 Å². The fourth-order valence-electron chi connectivity index (χ4n) is 3.88. The maximum Gasteiger partial charge on any atom is 0.322 e. The number of carbonyl (C=O) groups excluding carboxylic acids is 1. The van der Waals surface area contributed by atoms with Crippen LogP contribution in [0.1, 0.15) is 43.0 Å². The number of carbonyl (C=O) groups is 1. The molecule has 1 aliphatic rings. The molecule has 6 nitrogen and oxygen atoms in total. The first-order chi connectivity index (χ1) is 15.9. The number of amides is 2. The van der Waals surface area contributed by atoms with Gasteiger partial charge >= 0.3 is 6.03 Å². The van der Waals surface area contributed by atoms with Crippen molar-refractivity contribution in [3.8, 4) is 0 Å². The van der Waals surface area contributed by atoms with Crippen LogP contribution in [0, 0.1) is 12.7 Å². The summed E-state index contributed by atoms with van der Waals surface area (Å²) in [5.74, 6) is -0.429. The molecule has 34 heavy (non-hydrogen) atoms. The molecule has 4 rings (SSSR count). The first-order valence-corrected chi connectivity index (χ1v) is 12.5. The summed E-state index contributed by atoms with van der Waals surface area (Å²) < 4.78 is 41.6. The number of benzene rings is 3. The van der Waals surface area contributed by atoms with Gasteiger partial charge in [-0.25, -0.2) is 17.6 Å². The van der Waals surface area contributed by atoms with E-state index < -0.39 is 15.8 Å². The smallest absolute Gasteiger partial charge is 0.316 e. The number of anilines is 2. The SMILES string of the molecule is Cc1cc(F)ccc1NS(=O)(=O)c1ccc2c(c1)CN(C(=O)Nc1ccc(C(C)(C)C)cc1)C2. The Kier molecular flexibility index (Phi) is 6.12. The zero-order valence-corrected chi connectivity index (χ0v) is 20.5. The van der Waals surface area contributed by atoms with Gasteiger partial charge in [0, 0.05) is 18.8 Å². The third-order valence-electron chi connectivity index (χ3n) is 5.93. The molecule has 178 valence electrons. The molecule has 0 saturated heterocycles. The lowest BCUT2D eigenvalue weighted by atomic mass is 9.87. The summed E-state index contributed by atoms with van der Waals surface area (Å²) in [4.78, 5) is 14.5. The van der Waals surface area contributed by atoms with Crippen molar-refractivity contribution >= 4 is 27.4 Å². The van der Waals surface area contributed by atoms with Crippen molar-refractivity contribution in [3.63, 3.8) is 0 Å². The Morgan fingerprint density at radius 3 is 2.26 bits per heavy atom. The second-order valence-electron chi connectivity index (χ2n) is 9.61. The van der Waals surface area contributed by atoms with Crippen LogP contribution >= 0.6 is 0 Å². The van der Waals surface area contributed by atoms with Gasteiger partial charge in [-0.1, -0.05) is 39.0 Å². The fourth-order valence-corrected chi connectivity index (χ4v) is 5.06. The minimum atomic E-state index is -3.86. The Balaban J connectivity index is 1.45. The second-order valence-corrected chi connectivity index (χ2v) is 11.3. The minimum Gasteiger partial charge on any atom is -0.316 e. The molecule has 1 heterocycles. The molecule has 0 atom stereocenters. The molecule has 3 aromatic rings. The van der Waals surface area contributed by atoms with E-state index in [1.807, 2.05) is 24.3 Å². The molecule has 0 radical (unpaired) electrons. The number of halogens is 1. The van der Waals surface area contributed by atoms with E-state index in [1.165, 1.54) is 29.8 Å². The number of aryl methyl sites for hydroxylation is 1. The normalized spacial score (nSPS) is 13.5. The molecule has 3 aromatic carbocycles.